The first-order chi connectivity index (χ1) is 15.2. The van der Waals surface area contributed by atoms with Gasteiger partial charge in [-0.1, -0.05) is 92.1 Å². The highest BCUT2D eigenvalue weighted by Gasteiger charge is 2.04. The van der Waals surface area contributed by atoms with Crippen molar-refractivity contribution < 1.29 is 4.74 Å². The molecule has 0 bridgehead atoms. The van der Waals surface area contributed by atoms with Crippen molar-refractivity contribution in [3.63, 3.8) is 0 Å². The predicted molar refractivity (Wildman–Crippen MR) is 130 cm³/mol. The van der Waals surface area contributed by atoms with Crippen molar-refractivity contribution in [3.8, 4) is 39.3 Å². The van der Waals surface area contributed by atoms with E-state index in [9.17, 15) is 0 Å². The molecule has 0 aliphatic carbocycles. The molecule has 0 amide bonds. The van der Waals surface area contributed by atoms with E-state index in [1.54, 1.807) is 0 Å². The fourth-order valence-electron chi connectivity index (χ4n) is 3.60. The van der Waals surface area contributed by atoms with E-state index in [2.05, 4.69) is 104 Å². The van der Waals surface area contributed by atoms with Gasteiger partial charge in [-0.15, -0.1) is 0 Å². The van der Waals surface area contributed by atoms with Gasteiger partial charge in [-0.3, -0.25) is 4.98 Å². The van der Waals surface area contributed by atoms with E-state index in [-0.39, 0.29) is 0 Å². The average molecular weight is 408 g/mol. The molecule has 3 aromatic carbocycles. The van der Waals surface area contributed by atoms with Gasteiger partial charge in [0.05, 0.1) is 12.3 Å². The minimum atomic E-state index is 0.789. The molecule has 0 radical (unpaired) electrons. The molecule has 0 saturated carbocycles. The maximum absolute atomic E-state index is 5.81. The fourth-order valence-corrected chi connectivity index (χ4v) is 3.60. The molecule has 0 saturated heterocycles. The van der Waals surface area contributed by atoms with Gasteiger partial charge in [0.1, 0.15) is 5.75 Å². The Morgan fingerprint density at radius 2 is 1.16 bits per heavy atom. The van der Waals surface area contributed by atoms with E-state index >= 15 is 0 Å². The quantitative estimate of drug-likeness (QED) is 0.276. The summed E-state index contributed by atoms with van der Waals surface area (Å²) in [6.45, 7) is 5.10. The van der Waals surface area contributed by atoms with Crippen molar-refractivity contribution in [2.45, 2.75) is 33.1 Å². The molecule has 2 nitrogen and oxygen atoms in total. The summed E-state index contributed by atoms with van der Waals surface area (Å²) in [6.07, 6.45) is 5.49. The molecule has 4 rings (SSSR count). The molecule has 156 valence electrons. The van der Waals surface area contributed by atoms with Crippen LogP contribution in [-0.4, -0.2) is 11.6 Å². The van der Waals surface area contributed by atoms with E-state index in [0.29, 0.717) is 0 Å². The lowest BCUT2D eigenvalue weighted by Gasteiger charge is -2.08. The average Bonchev–Trinajstić information content (AvgIpc) is 2.83. The summed E-state index contributed by atoms with van der Waals surface area (Å²) in [5, 5.41) is 0. The smallest absolute Gasteiger partial charge is 0.119 e. The van der Waals surface area contributed by atoms with E-state index in [4.69, 9.17) is 4.74 Å². The fraction of sp³-hybridized carbons (Fsp3) is 0.207. The first-order valence-corrected chi connectivity index (χ1v) is 11.1. The number of hydrogen-bond acceptors (Lipinski definition) is 2. The first kappa shape index (κ1) is 20.9. The van der Waals surface area contributed by atoms with Crippen LogP contribution in [0.2, 0.25) is 0 Å². The maximum atomic E-state index is 5.81. The monoisotopic (exact) mass is 407 g/mol. The zero-order valence-electron chi connectivity index (χ0n) is 18.3. The summed E-state index contributed by atoms with van der Waals surface area (Å²) in [4.78, 5) is 4.69. The van der Waals surface area contributed by atoms with Gasteiger partial charge in [0.15, 0.2) is 0 Å². The van der Waals surface area contributed by atoms with E-state index in [0.717, 1.165) is 35.6 Å². The Hall–Kier alpha value is -3.39. The summed E-state index contributed by atoms with van der Waals surface area (Å²) in [6, 6.07) is 29.7. The van der Waals surface area contributed by atoms with Crippen molar-refractivity contribution in [2.75, 3.05) is 6.61 Å². The lowest BCUT2D eigenvalue weighted by Crippen LogP contribution is -1.96. The number of unbranched alkanes of at least 4 members (excludes halogenated alkanes) is 2. The molecule has 0 aliphatic rings. The molecule has 0 spiro atoms. The number of aryl methyl sites for hydroxylation is 1. The number of aromatic nitrogens is 1. The van der Waals surface area contributed by atoms with Gasteiger partial charge >= 0.3 is 0 Å². The highest BCUT2D eigenvalue weighted by molar-refractivity contribution is 5.71. The number of pyridine rings is 1. The molecular formula is C29H29NO. The SMILES string of the molecule is CCCCCOc1ccc(-c2ccc(-c3ccc(-c4ccc(C)cc4)cn3)cc2)cc1. The van der Waals surface area contributed by atoms with Gasteiger partial charge in [-0.2, -0.15) is 0 Å². The Bertz CT molecular complexity index is 1080. The van der Waals surface area contributed by atoms with Gasteiger partial charge in [0.25, 0.3) is 0 Å². The van der Waals surface area contributed by atoms with Gasteiger partial charge < -0.3 is 4.74 Å². The second-order valence-electron chi connectivity index (χ2n) is 7.96. The predicted octanol–water partition coefficient (Wildman–Crippen LogP) is 7.96. The molecule has 0 aliphatic heterocycles. The number of ether oxygens (including phenoxy) is 1. The second kappa shape index (κ2) is 10.1. The van der Waals surface area contributed by atoms with Crippen LogP contribution in [-0.2, 0) is 0 Å². The Morgan fingerprint density at radius 3 is 1.77 bits per heavy atom. The molecule has 0 atom stereocenters. The Kier molecular flexibility index (Phi) is 6.78. The lowest BCUT2D eigenvalue weighted by molar-refractivity contribution is 0.306. The third-order valence-electron chi connectivity index (χ3n) is 5.53. The van der Waals surface area contributed by atoms with Crippen molar-refractivity contribution in [3.05, 3.63) is 96.7 Å². The number of hydrogen-bond donors (Lipinski definition) is 0. The molecule has 31 heavy (non-hydrogen) atoms. The summed E-state index contributed by atoms with van der Waals surface area (Å²) in [5.74, 6) is 0.939. The summed E-state index contributed by atoms with van der Waals surface area (Å²) in [5.41, 5.74) is 8.08. The normalized spacial score (nSPS) is 10.8. The Balaban J connectivity index is 1.42. The zero-order chi connectivity index (χ0) is 21.5. The van der Waals surface area contributed by atoms with Crippen LogP contribution < -0.4 is 4.74 Å². The largest absolute Gasteiger partial charge is 0.494 e. The molecule has 0 unspecified atom stereocenters. The number of rotatable bonds is 8. The second-order valence-corrected chi connectivity index (χ2v) is 7.96. The number of nitrogens with zero attached hydrogens (tertiary/aromatic N) is 1. The minimum absolute atomic E-state index is 0.789. The molecule has 4 aromatic rings. The molecule has 1 aromatic heterocycles. The summed E-state index contributed by atoms with van der Waals surface area (Å²) >= 11 is 0. The van der Waals surface area contributed by atoms with Crippen molar-refractivity contribution >= 4 is 0 Å². The van der Waals surface area contributed by atoms with Crippen LogP contribution in [0.3, 0.4) is 0 Å². The highest BCUT2D eigenvalue weighted by Crippen LogP contribution is 2.27. The third-order valence-corrected chi connectivity index (χ3v) is 5.53. The van der Waals surface area contributed by atoms with E-state index < -0.39 is 0 Å². The molecular weight excluding hydrogens is 378 g/mol. The minimum Gasteiger partial charge on any atom is -0.494 e. The van der Waals surface area contributed by atoms with Gasteiger partial charge in [0, 0.05) is 17.3 Å². The summed E-state index contributed by atoms with van der Waals surface area (Å²) in [7, 11) is 0. The molecule has 2 heteroatoms. The first-order valence-electron chi connectivity index (χ1n) is 11.1. The van der Waals surface area contributed by atoms with Gasteiger partial charge in [-0.25, -0.2) is 0 Å². The maximum Gasteiger partial charge on any atom is 0.119 e. The Labute approximate surface area is 185 Å². The van der Waals surface area contributed by atoms with Crippen LogP contribution in [0.4, 0.5) is 0 Å². The molecule has 0 fully saturated rings. The molecule has 0 N–H and O–H groups in total. The lowest BCUT2D eigenvalue weighted by atomic mass is 10.0. The standard InChI is InChI=1S/C29H29NO/c1-3-4-5-20-31-28-17-14-24(15-18-28)23-10-12-26(13-11-23)29-19-16-27(21-30-29)25-8-6-22(2)7-9-25/h6-19,21H,3-5,20H2,1-2H3. The number of benzene rings is 3. The van der Waals surface area contributed by atoms with Crippen LogP contribution in [0, 0.1) is 6.92 Å². The van der Waals surface area contributed by atoms with Gasteiger partial charge in [0.2, 0.25) is 0 Å². The van der Waals surface area contributed by atoms with E-state index in [1.165, 1.54) is 35.1 Å². The van der Waals surface area contributed by atoms with Crippen LogP contribution in [0.1, 0.15) is 31.7 Å². The van der Waals surface area contributed by atoms with Crippen LogP contribution in [0.5, 0.6) is 5.75 Å². The van der Waals surface area contributed by atoms with Gasteiger partial charge in [-0.05, 0) is 48.2 Å². The zero-order valence-corrected chi connectivity index (χ0v) is 18.3. The van der Waals surface area contributed by atoms with Crippen LogP contribution in [0.25, 0.3) is 33.5 Å². The van der Waals surface area contributed by atoms with Crippen molar-refractivity contribution in [1.82, 2.24) is 4.98 Å². The van der Waals surface area contributed by atoms with Crippen LogP contribution >= 0.6 is 0 Å². The third kappa shape index (κ3) is 5.40. The topological polar surface area (TPSA) is 22.1 Å². The Morgan fingerprint density at radius 1 is 0.613 bits per heavy atom. The van der Waals surface area contributed by atoms with Crippen molar-refractivity contribution in [1.29, 1.82) is 0 Å². The van der Waals surface area contributed by atoms with Crippen LogP contribution in [0.15, 0.2) is 91.1 Å². The molecule has 1 heterocycles. The van der Waals surface area contributed by atoms with Crippen molar-refractivity contribution in [2.24, 2.45) is 0 Å². The highest BCUT2D eigenvalue weighted by atomic mass is 16.5. The summed E-state index contributed by atoms with van der Waals surface area (Å²) < 4.78 is 5.81. The van der Waals surface area contributed by atoms with E-state index in [1.807, 2.05) is 6.20 Å².